The van der Waals surface area contributed by atoms with Crippen molar-refractivity contribution in [2.24, 2.45) is 29.6 Å². The number of carbonyl (C=O) groups is 2. The molecule has 1 aromatic rings. The number of carbonyl (C=O) groups excluding carboxylic acids is 2. The summed E-state index contributed by atoms with van der Waals surface area (Å²) < 4.78 is 57.8. The second kappa shape index (κ2) is 14.5. The van der Waals surface area contributed by atoms with Gasteiger partial charge in [-0.05, 0) is 117 Å². The standard InChI is InChI=1S/C36H43F4NO4/c1-23-21-30(41-33(42)18-19-34(41)43)16-17-32(23)45-35(44)31(37)22-25-6-10-27(11-7-25)29-14-12-28(13-15-29)26-8-4-24(5-9-26)3-2-20-36(38,39)40/h6,10-11,16-19,21-22,24-26,28-29,35,44H,2-5,7-9,12-15,20H2,1H3/b31-22-. The number of aliphatic hydroxyl groups is 1. The first-order chi connectivity index (χ1) is 21.5. The van der Waals surface area contributed by atoms with E-state index in [-0.39, 0.29) is 18.1 Å². The van der Waals surface area contributed by atoms with Gasteiger partial charge in [-0.1, -0.05) is 37.5 Å². The van der Waals surface area contributed by atoms with E-state index in [1.807, 2.05) is 6.08 Å². The number of amides is 2. The van der Waals surface area contributed by atoms with Crippen LogP contribution in [-0.4, -0.2) is 29.4 Å². The van der Waals surface area contributed by atoms with Gasteiger partial charge < -0.3 is 9.84 Å². The molecule has 45 heavy (non-hydrogen) atoms. The fourth-order valence-corrected chi connectivity index (χ4v) is 7.57. The van der Waals surface area contributed by atoms with Crippen molar-refractivity contribution in [3.63, 3.8) is 0 Å². The van der Waals surface area contributed by atoms with Crippen LogP contribution in [0.25, 0.3) is 0 Å². The number of imide groups is 1. The van der Waals surface area contributed by atoms with Crippen LogP contribution in [-0.2, 0) is 9.59 Å². The molecule has 0 radical (unpaired) electrons. The molecule has 0 saturated heterocycles. The summed E-state index contributed by atoms with van der Waals surface area (Å²) in [7, 11) is 0. The van der Waals surface area contributed by atoms with Gasteiger partial charge in [-0.2, -0.15) is 13.2 Å². The van der Waals surface area contributed by atoms with Gasteiger partial charge in [-0.15, -0.1) is 0 Å². The van der Waals surface area contributed by atoms with E-state index in [9.17, 15) is 32.3 Å². The molecule has 0 spiro atoms. The Labute approximate surface area is 262 Å². The van der Waals surface area contributed by atoms with Crippen LogP contribution in [0, 0.1) is 36.5 Å². The van der Waals surface area contributed by atoms with Crippen molar-refractivity contribution < 1.29 is 37.0 Å². The van der Waals surface area contributed by atoms with Gasteiger partial charge in [-0.25, -0.2) is 9.29 Å². The second-order valence-electron chi connectivity index (χ2n) is 13.2. The second-order valence-corrected chi connectivity index (χ2v) is 13.2. The number of hydrogen-bond donors (Lipinski definition) is 1. The zero-order valence-corrected chi connectivity index (χ0v) is 25.8. The molecule has 1 aliphatic heterocycles. The molecule has 3 aliphatic carbocycles. The fourth-order valence-electron chi connectivity index (χ4n) is 7.57. The van der Waals surface area contributed by atoms with Crippen LogP contribution in [0.3, 0.4) is 0 Å². The largest absolute Gasteiger partial charge is 0.458 e. The summed E-state index contributed by atoms with van der Waals surface area (Å²) in [5.41, 5.74) is 2.21. The van der Waals surface area contributed by atoms with Gasteiger partial charge in [-0.3, -0.25) is 9.59 Å². The van der Waals surface area contributed by atoms with Gasteiger partial charge in [0.05, 0.1) is 5.69 Å². The summed E-state index contributed by atoms with van der Waals surface area (Å²) in [4.78, 5) is 24.9. The summed E-state index contributed by atoms with van der Waals surface area (Å²) in [6, 6.07) is 4.59. The number of benzene rings is 1. The summed E-state index contributed by atoms with van der Waals surface area (Å²) in [5.74, 6) is 0.735. The van der Waals surface area contributed by atoms with Gasteiger partial charge in [0.2, 0.25) is 6.29 Å². The van der Waals surface area contributed by atoms with Gasteiger partial charge >= 0.3 is 6.18 Å². The highest BCUT2D eigenvalue weighted by Crippen LogP contribution is 2.44. The molecular weight excluding hydrogens is 586 g/mol. The molecule has 5 rings (SSSR count). The van der Waals surface area contributed by atoms with Crippen LogP contribution >= 0.6 is 0 Å². The normalized spacial score (nSPS) is 28.4. The fraction of sp³-hybridized carbons (Fsp3) is 0.556. The Morgan fingerprint density at radius 2 is 1.64 bits per heavy atom. The predicted octanol–water partition coefficient (Wildman–Crippen LogP) is 8.82. The van der Waals surface area contributed by atoms with E-state index in [0.717, 1.165) is 43.4 Å². The number of allylic oxidation sites excluding steroid dienone is 5. The quantitative estimate of drug-likeness (QED) is 0.160. The zero-order valence-electron chi connectivity index (χ0n) is 25.8. The Kier molecular flexibility index (Phi) is 10.7. The summed E-state index contributed by atoms with van der Waals surface area (Å²) >= 11 is 0. The van der Waals surface area contributed by atoms with E-state index in [2.05, 4.69) is 12.2 Å². The molecule has 2 unspecified atom stereocenters. The lowest BCUT2D eigenvalue weighted by atomic mass is 9.67. The van der Waals surface area contributed by atoms with Crippen molar-refractivity contribution in [1.29, 1.82) is 0 Å². The lowest BCUT2D eigenvalue weighted by Gasteiger charge is -2.38. The third kappa shape index (κ3) is 8.75. The molecule has 1 N–H and O–H groups in total. The molecule has 9 heteroatoms. The Hall–Kier alpha value is -3.20. The van der Waals surface area contributed by atoms with E-state index in [1.165, 1.54) is 48.8 Å². The summed E-state index contributed by atoms with van der Waals surface area (Å²) in [6.07, 6.45) is 14.2. The maximum absolute atomic E-state index is 14.9. The van der Waals surface area contributed by atoms with Crippen molar-refractivity contribution in [2.75, 3.05) is 4.90 Å². The summed E-state index contributed by atoms with van der Waals surface area (Å²) in [5, 5.41) is 10.4. The highest BCUT2D eigenvalue weighted by atomic mass is 19.4. The number of ether oxygens (including phenoxy) is 1. The third-order valence-electron chi connectivity index (χ3n) is 10.1. The first kappa shape index (κ1) is 33.2. The Morgan fingerprint density at radius 1 is 1.00 bits per heavy atom. The van der Waals surface area contributed by atoms with E-state index in [1.54, 1.807) is 13.0 Å². The minimum atomic E-state index is -4.04. The molecule has 5 nitrogen and oxygen atoms in total. The van der Waals surface area contributed by atoms with E-state index >= 15 is 0 Å². The maximum Gasteiger partial charge on any atom is 0.389 e. The van der Waals surface area contributed by atoms with Crippen LogP contribution in [0.15, 0.2) is 66.1 Å². The molecule has 2 amide bonds. The number of halogens is 4. The number of aliphatic hydroxyl groups excluding tert-OH is 1. The molecular formula is C36H43F4NO4. The first-order valence-electron chi connectivity index (χ1n) is 16.3. The number of rotatable bonds is 10. The number of alkyl halides is 3. The minimum Gasteiger partial charge on any atom is -0.458 e. The number of anilines is 1. The van der Waals surface area contributed by atoms with Crippen LogP contribution in [0.1, 0.15) is 82.6 Å². The molecule has 2 atom stereocenters. The number of aryl methyl sites for hydroxylation is 1. The Bertz CT molecular complexity index is 1330. The zero-order chi connectivity index (χ0) is 32.1. The van der Waals surface area contributed by atoms with Crippen molar-refractivity contribution in [3.05, 3.63) is 71.6 Å². The highest BCUT2D eigenvalue weighted by Gasteiger charge is 2.33. The van der Waals surface area contributed by atoms with Crippen LogP contribution < -0.4 is 9.64 Å². The molecule has 4 aliphatic rings. The topological polar surface area (TPSA) is 66.8 Å². The van der Waals surface area contributed by atoms with Crippen LogP contribution in [0.2, 0.25) is 0 Å². The number of hydrogen-bond acceptors (Lipinski definition) is 4. The van der Waals surface area contributed by atoms with Crippen molar-refractivity contribution in [3.8, 4) is 5.75 Å². The molecule has 2 saturated carbocycles. The Morgan fingerprint density at radius 3 is 2.22 bits per heavy atom. The molecule has 0 aromatic heterocycles. The Balaban J connectivity index is 1.04. The smallest absolute Gasteiger partial charge is 0.389 e. The van der Waals surface area contributed by atoms with E-state index in [4.69, 9.17) is 4.74 Å². The van der Waals surface area contributed by atoms with Crippen LogP contribution in [0.4, 0.5) is 23.2 Å². The van der Waals surface area contributed by atoms with E-state index in [0.29, 0.717) is 47.8 Å². The van der Waals surface area contributed by atoms with E-state index < -0.39 is 36.5 Å². The van der Waals surface area contributed by atoms with Crippen molar-refractivity contribution in [2.45, 2.75) is 96.4 Å². The van der Waals surface area contributed by atoms with Gasteiger partial charge in [0.15, 0.2) is 5.83 Å². The van der Waals surface area contributed by atoms with Crippen molar-refractivity contribution in [1.82, 2.24) is 0 Å². The molecule has 1 heterocycles. The average molecular weight is 630 g/mol. The molecule has 0 bridgehead atoms. The molecule has 244 valence electrons. The lowest BCUT2D eigenvalue weighted by Crippen LogP contribution is -2.29. The monoisotopic (exact) mass is 629 g/mol. The van der Waals surface area contributed by atoms with Crippen LogP contribution in [0.5, 0.6) is 5.75 Å². The first-order valence-corrected chi connectivity index (χ1v) is 16.3. The number of nitrogens with zero attached hydrogens (tertiary/aromatic N) is 1. The highest BCUT2D eigenvalue weighted by molar-refractivity contribution is 6.28. The van der Waals surface area contributed by atoms with Gasteiger partial charge in [0.25, 0.3) is 11.8 Å². The minimum absolute atomic E-state index is 0.196. The predicted molar refractivity (Wildman–Crippen MR) is 165 cm³/mol. The molecule has 2 fully saturated rings. The lowest BCUT2D eigenvalue weighted by molar-refractivity contribution is -0.136. The SMILES string of the molecule is Cc1cc(N2C(=O)C=CC2=O)ccc1OC(O)/C(F)=C/C1C=CC(C2CCC(C3CCC(CCCC(F)(F)F)CC3)CC2)=CC1. The third-order valence-corrected chi connectivity index (χ3v) is 10.1. The summed E-state index contributed by atoms with van der Waals surface area (Å²) in [6.45, 7) is 1.69. The molecule has 1 aromatic carbocycles. The van der Waals surface area contributed by atoms with Gasteiger partial charge in [0.1, 0.15) is 5.75 Å². The van der Waals surface area contributed by atoms with Crippen molar-refractivity contribution >= 4 is 17.5 Å². The maximum atomic E-state index is 14.9. The average Bonchev–Trinajstić information content (AvgIpc) is 3.35. The van der Waals surface area contributed by atoms with Gasteiger partial charge in [0, 0.05) is 24.5 Å².